The van der Waals surface area contributed by atoms with E-state index in [0.29, 0.717) is 41.6 Å². The minimum absolute atomic E-state index is 0.0590. The molecule has 0 aliphatic carbocycles. The van der Waals surface area contributed by atoms with E-state index in [-0.39, 0.29) is 13.0 Å². The van der Waals surface area contributed by atoms with Gasteiger partial charge in [-0.1, -0.05) is 48.5 Å². The first kappa shape index (κ1) is 29.5. The van der Waals surface area contributed by atoms with Crippen LogP contribution in [0, 0.1) is 17.1 Å². The van der Waals surface area contributed by atoms with Gasteiger partial charge >= 0.3 is 5.97 Å². The second kappa shape index (κ2) is 12.9. The van der Waals surface area contributed by atoms with Crippen LogP contribution in [0.3, 0.4) is 0 Å². The average Bonchev–Trinajstić information content (AvgIpc) is 3.36. The fourth-order valence-electron chi connectivity index (χ4n) is 5.70. The highest BCUT2D eigenvalue weighted by molar-refractivity contribution is 6.11. The van der Waals surface area contributed by atoms with Crippen LogP contribution in [0.5, 0.6) is 5.75 Å². The summed E-state index contributed by atoms with van der Waals surface area (Å²) in [4.78, 5) is 32.3. The number of ketones is 1. The van der Waals surface area contributed by atoms with Gasteiger partial charge in [0, 0.05) is 19.0 Å². The van der Waals surface area contributed by atoms with Crippen LogP contribution in [0.2, 0.25) is 0 Å². The van der Waals surface area contributed by atoms with Crippen LogP contribution < -0.4 is 4.74 Å². The third kappa shape index (κ3) is 6.01. The number of esters is 1. The molecule has 2 aliphatic rings. The molecule has 0 saturated heterocycles. The van der Waals surface area contributed by atoms with Crippen LogP contribution in [0.25, 0.3) is 5.70 Å². The maximum Gasteiger partial charge on any atom is 0.337 e. The van der Waals surface area contributed by atoms with E-state index in [2.05, 4.69) is 11.0 Å². The molecule has 9 heteroatoms. The lowest BCUT2D eigenvalue weighted by atomic mass is 9.90. The number of fused-ring (bicyclic) bond motifs is 1. The van der Waals surface area contributed by atoms with Crippen molar-refractivity contribution in [2.24, 2.45) is 0 Å². The summed E-state index contributed by atoms with van der Waals surface area (Å²) in [7, 11) is 3.52. The van der Waals surface area contributed by atoms with Gasteiger partial charge in [-0.3, -0.25) is 9.69 Å². The molecule has 43 heavy (non-hydrogen) atoms. The summed E-state index contributed by atoms with van der Waals surface area (Å²) in [6.45, 7) is 2.65. The molecule has 0 fully saturated rings. The number of carbonyl (C=O) groups is 2. The van der Waals surface area contributed by atoms with E-state index in [4.69, 9.17) is 9.47 Å². The number of hydrogen-bond donors (Lipinski definition) is 0. The van der Waals surface area contributed by atoms with E-state index in [1.807, 2.05) is 54.4 Å². The van der Waals surface area contributed by atoms with Crippen molar-refractivity contribution in [3.63, 3.8) is 0 Å². The second-order valence-corrected chi connectivity index (χ2v) is 10.4. The summed E-state index contributed by atoms with van der Waals surface area (Å²) in [5.41, 5.74) is 3.06. The molecule has 2 heterocycles. The maximum atomic E-state index is 15.0. The highest BCUT2D eigenvalue weighted by atomic mass is 19.1. The van der Waals surface area contributed by atoms with Crippen LogP contribution >= 0.6 is 0 Å². The molecule has 0 N–H and O–H groups in total. The predicted molar refractivity (Wildman–Crippen MR) is 159 cm³/mol. The SMILES string of the molecule is CCOC(=O)C1C(=O)C=C2N(CN(C)Cc3ccccc3)C(c3ccc(OC)cc3)=C(C#N)C(Cc3ccccc3F)N21. The minimum atomic E-state index is -1.30. The molecule has 0 saturated carbocycles. The molecular weight excluding hydrogens is 547 g/mol. The first-order chi connectivity index (χ1) is 20.9. The summed E-state index contributed by atoms with van der Waals surface area (Å²) < 4.78 is 25.7. The first-order valence-corrected chi connectivity index (χ1v) is 14.1. The largest absolute Gasteiger partial charge is 0.497 e. The summed E-state index contributed by atoms with van der Waals surface area (Å²) in [6, 6.07) is 23.9. The Balaban J connectivity index is 1.68. The van der Waals surface area contributed by atoms with Crippen molar-refractivity contribution in [3.05, 3.63) is 119 Å². The van der Waals surface area contributed by atoms with Crippen LogP contribution in [0.1, 0.15) is 23.6 Å². The summed E-state index contributed by atoms with van der Waals surface area (Å²) in [6.07, 6.45) is 1.49. The number of benzene rings is 3. The molecule has 0 aromatic heterocycles. The van der Waals surface area contributed by atoms with Gasteiger partial charge in [-0.05, 0) is 61.0 Å². The molecule has 3 aromatic rings. The quantitative estimate of drug-likeness (QED) is 0.251. The Morgan fingerprint density at radius 1 is 1.05 bits per heavy atom. The number of carbonyl (C=O) groups excluding carboxylic acids is 2. The van der Waals surface area contributed by atoms with Crippen molar-refractivity contribution in [1.82, 2.24) is 14.7 Å². The number of ether oxygens (including phenoxy) is 2. The molecule has 0 amide bonds. The lowest BCUT2D eigenvalue weighted by Crippen LogP contribution is -2.55. The fourth-order valence-corrected chi connectivity index (χ4v) is 5.70. The van der Waals surface area contributed by atoms with Gasteiger partial charge < -0.3 is 19.3 Å². The minimum Gasteiger partial charge on any atom is -0.497 e. The summed E-state index contributed by atoms with van der Waals surface area (Å²) >= 11 is 0. The number of methoxy groups -OCH3 is 1. The van der Waals surface area contributed by atoms with E-state index in [1.54, 1.807) is 49.3 Å². The molecule has 3 aromatic carbocycles. The highest BCUT2D eigenvalue weighted by Gasteiger charge is 2.50. The zero-order valence-electron chi connectivity index (χ0n) is 24.4. The van der Waals surface area contributed by atoms with Gasteiger partial charge in [0.15, 0.2) is 11.8 Å². The third-order valence-electron chi connectivity index (χ3n) is 7.60. The van der Waals surface area contributed by atoms with E-state index < -0.39 is 29.7 Å². The molecule has 2 unspecified atom stereocenters. The molecule has 8 nitrogen and oxygen atoms in total. The molecular formula is C34H33FN4O4. The Hall–Kier alpha value is -4.94. The van der Waals surface area contributed by atoms with Gasteiger partial charge in [-0.25, -0.2) is 9.18 Å². The van der Waals surface area contributed by atoms with Gasteiger partial charge in [0.2, 0.25) is 0 Å². The van der Waals surface area contributed by atoms with Gasteiger partial charge in [-0.2, -0.15) is 5.26 Å². The number of rotatable bonds is 10. The van der Waals surface area contributed by atoms with Gasteiger partial charge in [0.25, 0.3) is 0 Å². The van der Waals surface area contributed by atoms with Crippen LogP contribution in [-0.2, 0) is 27.3 Å². The Bertz CT molecular complexity index is 1600. The van der Waals surface area contributed by atoms with Gasteiger partial charge in [-0.15, -0.1) is 0 Å². The number of halogens is 1. The Morgan fingerprint density at radius 2 is 1.74 bits per heavy atom. The van der Waals surface area contributed by atoms with E-state index >= 15 is 4.39 Å². The first-order valence-electron chi connectivity index (χ1n) is 14.1. The molecule has 0 spiro atoms. The van der Waals surface area contributed by atoms with Gasteiger partial charge in [0.1, 0.15) is 17.4 Å². The van der Waals surface area contributed by atoms with Crippen molar-refractivity contribution in [3.8, 4) is 11.8 Å². The zero-order chi connectivity index (χ0) is 30.5. The number of hydrogen-bond acceptors (Lipinski definition) is 8. The lowest BCUT2D eigenvalue weighted by molar-refractivity contribution is -0.151. The van der Waals surface area contributed by atoms with Crippen molar-refractivity contribution in [2.45, 2.75) is 32.0 Å². The summed E-state index contributed by atoms with van der Waals surface area (Å²) in [5.74, 6) is -0.488. The third-order valence-corrected chi connectivity index (χ3v) is 7.60. The fraction of sp³-hybridized carbons (Fsp3) is 0.265. The molecule has 2 aliphatic heterocycles. The Morgan fingerprint density at radius 3 is 2.40 bits per heavy atom. The van der Waals surface area contributed by atoms with Crippen molar-refractivity contribution >= 4 is 17.4 Å². The maximum absolute atomic E-state index is 15.0. The topological polar surface area (TPSA) is 86.1 Å². The average molecular weight is 581 g/mol. The van der Waals surface area contributed by atoms with E-state index in [1.165, 1.54) is 12.1 Å². The van der Waals surface area contributed by atoms with Crippen LogP contribution in [0.4, 0.5) is 4.39 Å². The lowest BCUT2D eigenvalue weighted by Gasteiger charge is -2.46. The molecule has 0 radical (unpaired) electrons. The van der Waals surface area contributed by atoms with Gasteiger partial charge in [0.05, 0.1) is 43.8 Å². The van der Waals surface area contributed by atoms with E-state index in [9.17, 15) is 14.9 Å². The molecule has 2 atom stereocenters. The Labute approximate surface area is 250 Å². The van der Waals surface area contributed by atoms with Crippen LogP contribution in [-0.4, -0.2) is 66.0 Å². The predicted octanol–water partition coefficient (Wildman–Crippen LogP) is 4.74. The molecule has 0 bridgehead atoms. The molecule has 5 rings (SSSR count). The Kier molecular flexibility index (Phi) is 8.88. The molecule has 220 valence electrons. The normalized spacial score (nSPS) is 18.0. The second-order valence-electron chi connectivity index (χ2n) is 10.4. The standard InChI is InChI=1S/C34H33FN4O4/c1-4-43-34(41)33-30(40)19-31-38(22-37(2)21-23-10-6-5-7-11-23)32(24-14-16-26(42-3)17-15-24)27(20-36)29(39(31)33)18-25-12-8-9-13-28(25)35/h5-17,19,29,33H,4,18,21-22H2,1-3H3. The number of nitriles is 1. The van der Waals surface area contributed by atoms with Crippen molar-refractivity contribution < 1.29 is 23.5 Å². The summed E-state index contributed by atoms with van der Waals surface area (Å²) in [5, 5.41) is 10.7. The van der Waals surface area contributed by atoms with Crippen LogP contribution in [0.15, 0.2) is 96.3 Å². The monoisotopic (exact) mass is 580 g/mol. The van der Waals surface area contributed by atoms with Crippen molar-refractivity contribution in [2.75, 3.05) is 27.4 Å². The smallest absolute Gasteiger partial charge is 0.337 e. The van der Waals surface area contributed by atoms with E-state index in [0.717, 1.165) is 11.1 Å². The van der Waals surface area contributed by atoms with Crippen molar-refractivity contribution in [1.29, 1.82) is 5.26 Å². The zero-order valence-corrected chi connectivity index (χ0v) is 24.4. The highest BCUT2D eigenvalue weighted by Crippen LogP contribution is 2.43. The number of nitrogens with zero attached hydrogens (tertiary/aromatic N) is 4.